The van der Waals surface area contributed by atoms with Crippen LogP contribution in [0.15, 0.2) is 77.0 Å². The number of anilines is 1. The molecule has 3 aromatic rings. The zero-order valence-corrected chi connectivity index (χ0v) is 17.4. The highest BCUT2D eigenvalue weighted by Gasteiger charge is 2.24. The number of nitro groups is 2. The number of benzene rings is 3. The van der Waals surface area contributed by atoms with Crippen LogP contribution in [-0.4, -0.2) is 28.8 Å². The Kier molecular flexibility index (Phi) is 7.18. The molecule has 13 heteroatoms. The molecule has 0 saturated carbocycles. The normalized spacial score (nSPS) is 10.5. The molecule has 172 valence electrons. The Labute approximate surface area is 190 Å². The minimum Gasteiger partial charge on any atom is -0.497 e. The molecule has 1 N–H and O–H groups in total. The third-order valence-corrected chi connectivity index (χ3v) is 4.31. The number of ether oxygens (including phenoxy) is 1. The Bertz CT molecular complexity index is 1290. The molecule has 0 aromatic heterocycles. The first-order valence-corrected chi connectivity index (χ1v) is 9.38. The van der Waals surface area contributed by atoms with Gasteiger partial charge in [0, 0.05) is 6.07 Å². The van der Waals surface area contributed by atoms with E-state index in [2.05, 4.69) is 15.7 Å². The number of non-ortho nitro benzene ring substituents is 1. The molecule has 1 amide bonds. The maximum Gasteiger partial charge on any atom is 0.362 e. The van der Waals surface area contributed by atoms with Crippen LogP contribution in [0.25, 0.3) is 0 Å². The number of nitro benzene ring substituents is 2. The van der Waals surface area contributed by atoms with E-state index in [0.717, 1.165) is 12.1 Å². The molecular formula is C21H15N5O8. The van der Waals surface area contributed by atoms with E-state index >= 15 is 0 Å². The fourth-order valence-corrected chi connectivity index (χ4v) is 2.63. The molecule has 3 rings (SSSR count). The molecule has 0 saturated heterocycles. The maximum absolute atomic E-state index is 12.2. The second-order valence-corrected chi connectivity index (χ2v) is 6.49. The number of nitrogens with one attached hydrogen (secondary N) is 1. The number of nitrogens with zero attached hydrogens (tertiary/aromatic N) is 4. The Morgan fingerprint density at radius 2 is 1.68 bits per heavy atom. The third-order valence-electron chi connectivity index (χ3n) is 4.31. The molecule has 0 heterocycles. The quantitative estimate of drug-likeness (QED) is 0.282. The van der Waals surface area contributed by atoms with Crippen molar-refractivity contribution in [2.24, 2.45) is 10.2 Å². The number of methoxy groups -OCH3 is 1. The summed E-state index contributed by atoms with van der Waals surface area (Å²) in [5, 5.41) is 29.1. The number of carbonyl (C=O) groups excluding carboxylic acids is 2. The van der Waals surface area contributed by atoms with Crippen LogP contribution < -0.4 is 10.2 Å². The Morgan fingerprint density at radius 3 is 2.32 bits per heavy atom. The molecule has 0 spiro atoms. The van der Waals surface area contributed by atoms with E-state index in [1.165, 1.54) is 37.4 Å². The van der Waals surface area contributed by atoms with Gasteiger partial charge in [0.1, 0.15) is 11.3 Å². The summed E-state index contributed by atoms with van der Waals surface area (Å²) in [6.07, 6.45) is 0. The molecule has 3 aromatic carbocycles. The number of carbonyl (C=O) groups is 2. The monoisotopic (exact) mass is 465 g/mol. The van der Waals surface area contributed by atoms with E-state index < -0.39 is 38.7 Å². The number of azo groups is 1. The van der Waals surface area contributed by atoms with E-state index in [1.54, 1.807) is 18.2 Å². The largest absolute Gasteiger partial charge is 0.497 e. The Morgan fingerprint density at radius 1 is 0.941 bits per heavy atom. The van der Waals surface area contributed by atoms with Gasteiger partial charge in [-0.1, -0.05) is 6.07 Å². The summed E-state index contributed by atoms with van der Waals surface area (Å²) in [5.74, 6) is -1.19. The van der Waals surface area contributed by atoms with Crippen molar-refractivity contribution in [3.05, 3.63) is 98.1 Å². The van der Waals surface area contributed by atoms with Crippen LogP contribution in [0, 0.1) is 20.2 Å². The van der Waals surface area contributed by atoms with Crippen molar-refractivity contribution in [3.63, 3.8) is 0 Å². The molecule has 13 nitrogen and oxygen atoms in total. The minimum atomic E-state index is -1.05. The van der Waals surface area contributed by atoms with Crippen molar-refractivity contribution >= 4 is 34.6 Å². The summed E-state index contributed by atoms with van der Waals surface area (Å²) in [6, 6.07) is 14.9. The second kappa shape index (κ2) is 10.4. The Balaban J connectivity index is 1.64. The lowest BCUT2D eigenvalue weighted by Crippen LogP contribution is -2.10. The van der Waals surface area contributed by atoms with E-state index in [-0.39, 0.29) is 11.3 Å². The van der Waals surface area contributed by atoms with Crippen molar-refractivity contribution in [1.29, 1.82) is 0 Å². The fraction of sp³-hybridized carbons (Fsp3) is 0.0476. The molecule has 0 radical (unpaired) electrons. The van der Waals surface area contributed by atoms with Crippen LogP contribution in [0.1, 0.15) is 20.7 Å². The lowest BCUT2D eigenvalue weighted by molar-refractivity contribution is -0.394. The van der Waals surface area contributed by atoms with Crippen LogP contribution in [0.2, 0.25) is 0 Å². The predicted molar refractivity (Wildman–Crippen MR) is 117 cm³/mol. The molecule has 34 heavy (non-hydrogen) atoms. The van der Waals surface area contributed by atoms with Gasteiger partial charge in [-0.05, 0) is 48.5 Å². The van der Waals surface area contributed by atoms with E-state index in [0.29, 0.717) is 17.5 Å². The average Bonchev–Trinajstić information content (AvgIpc) is 2.85. The highest BCUT2D eigenvalue weighted by Crippen LogP contribution is 2.26. The van der Waals surface area contributed by atoms with Gasteiger partial charge in [-0.2, -0.15) is 0 Å². The molecule has 0 aliphatic carbocycles. The molecule has 0 aliphatic rings. The smallest absolute Gasteiger partial charge is 0.362 e. The van der Waals surface area contributed by atoms with E-state index in [1.807, 2.05) is 0 Å². The van der Waals surface area contributed by atoms with Crippen LogP contribution in [0.5, 0.6) is 5.75 Å². The van der Waals surface area contributed by atoms with Crippen LogP contribution in [-0.2, 0) is 4.84 Å². The van der Waals surface area contributed by atoms with Gasteiger partial charge in [0.05, 0.1) is 40.0 Å². The van der Waals surface area contributed by atoms with Gasteiger partial charge in [0.25, 0.3) is 11.4 Å². The van der Waals surface area contributed by atoms with Crippen molar-refractivity contribution in [3.8, 4) is 5.75 Å². The summed E-state index contributed by atoms with van der Waals surface area (Å²) in [5.41, 5.74) is 1.64. The van der Waals surface area contributed by atoms with Crippen LogP contribution >= 0.6 is 0 Å². The summed E-state index contributed by atoms with van der Waals surface area (Å²) in [7, 11) is 1.47. The van der Waals surface area contributed by atoms with Gasteiger partial charge in [0.2, 0.25) is 0 Å². The molecule has 0 atom stereocenters. The summed E-state index contributed by atoms with van der Waals surface area (Å²) in [4.78, 5) is 49.6. The predicted octanol–water partition coefficient (Wildman–Crippen LogP) is 4.62. The average molecular weight is 465 g/mol. The topological polar surface area (TPSA) is 176 Å². The lowest BCUT2D eigenvalue weighted by atomic mass is 10.1. The molecule has 0 aliphatic heterocycles. The van der Waals surface area contributed by atoms with Gasteiger partial charge in [0.15, 0.2) is 0 Å². The number of amides is 1. The standard InChI is InChI=1S/C21H15N5O8/c1-33-17-4-2-3-13(11-17)21(28)34-24-15-7-5-14(6-8-15)22-23-20(27)18-10-9-16(25(29)30)12-19(18)26(31)32/h2-12,24H,1H3. The Hall–Kier alpha value is -5.20. The molecule has 0 unspecified atom stereocenters. The van der Waals surface area contributed by atoms with Crippen LogP contribution in [0.3, 0.4) is 0 Å². The molecule has 0 bridgehead atoms. The second-order valence-electron chi connectivity index (χ2n) is 6.49. The van der Waals surface area contributed by atoms with Gasteiger partial charge >= 0.3 is 11.9 Å². The zero-order chi connectivity index (χ0) is 24.7. The first kappa shape index (κ1) is 23.5. The summed E-state index contributed by atoms with van der Waals surface area (Å²) < 4.78 is 5.05. The van der Waals surface area contributed by atoms with Crippen molar-refractivity contribution in [2.45, 2.75) is 0 Å². The van der Waals surface area contributed by atoms with Gasteiger partial charge in [-0.3, -0.25) is 25.0 Å². The molecule has 0 fully saturated rings. The van der Waals surface area contributed by atoms with Crippen molar-refractivity contribution < 1.29 is 29.0 Å². The highest BCUT2D eigenvalue weighted by molar-refractivity contribution is 5.99. The lowest BCUT2D eigenvalue weighted by Gasteiger charge is -2.07. The zero-order valence-electron chi connectivity index (χ0n) is 17.4. The number of hydrogen-bond donors (Lipinski definition) is 1. The maximum atomic E-state index is 12.2. The minimum absolute atomic E-state index is 0.225. The summed E-state index contributed by atoms with van der Waals surface area (Å²) in [6.45, 7) is 0. The van der Waals surface area contributed by atoms with Crippen LogP contribution in [0.4, 0.5) is 22.7 Å². The molecular weight excluding hydrogens is 450 g/mol. The SMILES string of the molecule is COc1cccc(C(=O)ONc2ccc(N=NC(=O)c3ccc([N+](=O)[O-])cc3[N+](=O)[O-])cc2)c1. The summed E-state index contributed by atoms with van der Waals surface area (Å²) >= 11 is 0. The van der Waals surface area contributed by atoms with E-state index in [4.69, 9.17) is 9.57 Å². The number of hydrogen-bond acceptors (Lipinski definition) is 10. The van der Waals surface area contributed by atoms with Crippen molar-refractivity contribution in [2.75, 3.05) is 12.6 Å². The van der Waals surface area contributed by atoms with Gasteiger partial charge in [-0.15, -0.1) is 10.2 Å². The third kappa shape index (κ3) is 5.73. The first-order valence-electron chi connectivity index (χ1n) is 9.38. The fourth-order valence-electron chi connectivity index (χ4n) is 2.63. The highest BCUT2D eigenvalue weighted by atomic mass is 16.7. The van der Waals surface area contributed by atoms with Gasteiger partial charge in [-0.25, -0.2) is 10.3 Å². The van der Waals surface area contributed by atoms with Crippen molar-refractivity contribution in [1.82, 2.24) is 0 Å². The first-order chi connectivity index (χ1) is 16.3. The van der Waals surface area contributed by atoms with E-state index in [9.17, 15) is 29.8 Å². The van der Waals surface area contributed by atoms with Gasteiger partial charge < -0.3 is 9.57 Å². The number of rotatable bonds is 8.